The van der Waals surface area contributed by atoms with Crippen LogP contribution in [-0.4, -0.2) is 28.2 Å². The third kappa shape index (κ3) is 5.61. The average Bonchev–Trinajstić information content (AvgIpc) is 2.56. The molecule has 126 valence electrons. The van der Waals surface area contributed by atoms with E-state index in [0.717, 1.165) is 5.56 Å². The molecule has 1 heterocycles. The maximum atomic E-state index is 11.8. The van der Waals surface area contributed by atoms with E-state index in [0.29, 0.717) is 14.6 Å². The quantitative estimate of drug-likeness (QED) is 0.647. The van der Waals surface area contributed by atoms with Crippen LogP contribution in [0.15, 0.2) is 51.7 Å². The molecule has 0 fully saturated rings. The highest BCUT2D eigenvalue weighted by Crippen LogP contribution is 2.21. The molecule has 1 unspecified atom stereocenters. The number of aromatic nitrogens is 1. The number of carbonyl (C=O) groups excluding carboxylic acids is 1. The van der Waals surface area contributed by atoms with E-state index in [4.69, 9.17) is 4.74 Å². The molecule has 0 aliphatic rings. The van der Waals surface area contributed by atoms with E-state index in [2.05, 4.69) is 42.2 Å². The van der Waals surface area contributed by atoms with Gasteiger partial charge >= 0.3 is 12.1 Å². The molecule has 8 heteroatoms. The first kappa shape index (κ1) is 18.4. The SMILES string of the molecule is O=C(NC(Cc1cnc(Br)c(Br)c1)C(=O)O)OCc1ccccc1. The number of alkyl carbamates (subject to hydrolysis) is 1. The van der Waals surface area contributed by atoms with E-state index in [1.54, 1.807) is 12.3 Å². The van der Waals surface area contributed by atoms with Gasteiger partial charge in [-0.15, -0.1) is 0 Å². The fourth-order valence-electron chi connectivity index (χ4n) is 1.92. The van der Waals surface area contributed by atoms with Gasteiger partial charge in [0, 0.05) is 12.6 Å². The predicted octanol–water partition coefficient (Wildman–Crippen LogP) is 3.53. The zero-order valence-electron chi connectivity index (χ0n) is 12.4. The van der Waals surface area contributed by atoms with Crippen LogP contribution >= 0.6 is 31.9 Å². The molecule has 1 aromatic heterocycles. The minimum absolute atomic E-state index is 0.0738. The van der Waals surface area contributed by atoms with Crippen molar-refractivity contribution in [3.63, 3.8) is 0 Å². The molecular formula is C16H14Br2N2O4. The molecule has 0 spiro atoms. The molecular weight excluding hydrogens is 444 g/mol. The van der Waals surface area contributed by atoms with E-state index in [1.165, 1.54) is 0 Å². The zero-order valence-corrected chi connectivity index (χ0v) is 15.6. The Hall–Kier alpha value is -1.93. The van der Waals surface area contributed by atoms with Gasteiger partial charge in [-0.3, -0.25) is 0 Å². The fraction of sp³-hybridized carbons (Fsp3) is 0.188. The number of benzene rings is 1. The topological polar surface area (TPSA) is 88.5 Å². The van der Waals surface area contributed by atoms with Crippen molar-refractivity contribution in [3.05, 3.63) is 62.8 Å². The van der Waals surface area contributed by atoms with Gasteiger partial charge in [0.1, 0.15) is 17.3 Å². The van der Waals surface area contributed by atoms with Crippen LogP contribution in [0, 0.1) is 0 Å². The minimum atomic E-state index is -1.15. The number of rotatable bonds is 6. The summed E-state index contributed by atoms with van der Waals surface area (Å²) in [6.07, 6.45) is 0.853. The number of nitrogens with zero attached hydrogens (tertiary/aromatic N) is 1. The molecule has 1 amide bonds. The predicted molar refractivity (Wildman–Crippen MR) is 94.5 cm³/mol. The summed E-state index contributed by atoms with van der Waals surface area (Å²) >= 11 is 6.55. The first-order chi connectivity index (χ1) is 11.5. The Balaban J connectivity index is 1.93. The van der Waals surface area contributed by atoms with Crippen molar-refractivity contribution < 1.29 is 19.4 Å². The smallest absolute Gasteiger partial charge is 0.408 e. The van der Waals surface area contributed by atoms with Gasteiger partial charge in [0.05, 0.1) is 4.47 Å². The number of hydrogen-bond acceptors (Lipinski definition) is 4. The van der Waals surface area contributed by atoms with Gasteiger partial charge in [-0.25, -0.2) is 14.6 Å². The Kier molecular flexibility index (Phi) is 6.74. The van der Waals surface area contributed by atoms with Gasteiger partial charge in [-0.05, 0) is 49.1 Å². The van der Waals surface area contributed by atoms with Gasteiger partial charge in [-0.2, -0.15) is 0 Å². The number of pyridine rings is 1. The van der Waals surface area contributed by atoms with Crippen LogP contribution in [0.25, 0.3) is 0 Å². The number of amides is 1. The van der Waals surface area contributed by atoms with Crippen molar-refractivity contribution in [3.8, 4) is 0 Å². The molecule has 1 atom stereocenters. The molecule has 0 aliphatic heterocycles. The van der Waals surface area contributed by atoms with E-state index in [-0.39, 0.29) is 13.0 Å². The fourth-order valence-corrected chi connectivity index (χ4v) is 2.53. The third-order valence-corrected chi connectivity index (χ3v) is 4.86. The summed E-state index contributed by atoms with van der Waals surface area (Å²) in [4.78, 5) is 27.2. The van der Waals surface area contributed by atoms with Gasteiger partial charge in [0.2, 0.25) is 0 Å². The number of carboxylic acid groups (broad SMARTS) is 1. The largest absolute Gasteiger partial charge is 0.480 e. The summed E-state index contributed by atoms with van der Waals surface area (Å²) in [5.74, 6) is -1.15. The van der Waals surface area contributed by atoms with E-state index < -0.39 is 18.1 Å². The second-order valence-electron chi connectivity index (χ2n) is 4.92. The maximum absolute atomic E-state index is 11.8. The van der Waals surface area contributed by atoms with Crippen molar-refractivity contribution >= 4 is 43.9 Å². The lowest BCUT2D eigenvalue weighted by Crippen LogP contribution is -2.42. The average molecular weight is 458 g/mol. The number of carboxylic acids is 1. The second kappa shape index (κ2) is 8.79. The molecule has 2 aromatic rings. The molecule has 6 nitrogen and oxygen atoms in total. The Morgan fingerprint density at radius 2 is 1.92 bits per heavy atom. The summed E-state index contributed by atoms with van der Waals surface area (Å²) in [6, 6.07) is 9.77. The van der Waals surface area contributed by atoms with Crippen molar-refractivity contribution in [2.24, 2.45) is 0 Å². The number of nitrogens with one attached hydrogen (secondary N) is 1. The van der Waals surface area contributed by atoms with Crippen LogP contribution in [0.3, 0.4) is 0 Å². The number of ether oxygens (including phenoxy) is 1. The van der Waals surface area contributed by atoms with Crippen LogP contribution < -0.4 is 5.32 Å². The number of aliphatic carboxylic acids is 1. The molecule has 0 aliphatic carbocycles. The van der Waals surface area contributed by atoms with Crippen molar-refractivity contribution in [1.82, 2.24) is 10.3 Å². The first-order valence-electron chi connectivity index (χ1n) is 6.95. The molecule has 1 aromatic carbocycles. The lowest BCUT2D eigenvalue weighted by Gasteiger charge is -2.15. The Labute approximate surface area is 155 Å². The Morgan fingerprint density at radius 3 is 2.54 bits per heavy atom. The number of carbonyl (C=O) groups is 2. The first-order valence-corrected chi connectivity index (χ1v) is 8.54. The van der Waals surface area contributed by atoms with Crippen molar-refractivity contribution in [1.29, 1.82) is 0 Å². The van der Waals surface area contributed by atoms with Crippen molar-refractivity contribution in [2.45, 2.75) is 19.1 Å². The summed E-state index contributed by atoms with van der Waals surface area (Å²) in [5.41, 5.74) is 1.49. The standard InChI is InChI=1S/C16H14Br2N2O4/c17-12-6-11(8-19-14(12)18)7-13(15(21)22)20-16(23)24-9-10-4-2-1-3-5-10/h1-6,8,13H,7,9H2,(H,20,23)(H,21,22). The van der Waals surface area contributed by atoms with Crippen LogP contribution in [-0.2, 0) is 22.6 Å². The minimum Gasteiger partial charge on any atom is -0.480 e. The molecule has 24 heavy (non-hydrogen) atoms. The molecule has 2 N–H and O–H groups in total. The highest BCUT2D eigenvalue weighted by atomic mass is 79.9. The van der Waals surface area contributed by atoms with Gasteiger partial charge < -0.3 is 15.2 Å². The monoisotopic (exact) mass is 456 g/mol. The Morgan fingerprint density at radius 1 is 1.21 bits per heavy atom. The second-order valence-corrected chi connectivity index (χ2v) is 6.52. The van der Waals surface area contributed by atoms with E-state index in [9.17, 15) is 14.7 Å². The summed E-state index contributed by atoms with van der Waals surface area (Å²) in [6.45, 7) is 0.0738. The number of halogens is 2. The summed E-state index contributed by atoms with van der Waals surface area (Å²) in [7, 11) is 0. The van der Waals surface area contributed by atoms with Gasteiger partial charge in [-0.1, -0.05) is 30.3 Å². The lowest BCUT2D eigenvalue weighted by atomic mass is 10.1. The van der Waals surface area contributed by atoms with Crippen LogP contribution in [0.1, 0.15) is 11.1 Å². The maximum Gasteiger partial charge on any atom is 0.408 e. The van der Waals surface area contributed by atoms with Crippen LogP contribution in [0.2, 0.25) is 0 Å². The summed E-state index contributed by atoms with van der Waals surface area (Å²) < 4.78 is 6.37. The highest BCUT2D eigenvalue weighted by Gasteiger charge is 2.21. The highest BCUT2D eigenvalue weighted by molar-refractivity contribution is 9.13. The summed E-state index contributed by atoms with van der Waals surface area (Å²) in [5, 5.41) is 11.6. The molecule has 0 saturated carbocycles. The molecule has 2 rings (SSSR count). The lowest BCUT2D eigenvalue weighted by molar-refractivity contribution is -0.139. The zero-order chi connectivity index (χ0) is 17.5. The van der Waals surface area contributed by atoms with Crippen molar-refractivity contribution in [2.75, 3.05) is 0 Å². The van der Waals surface area contributed by atoms with Gasteiger partial charge in [0.15, 0.2) is 0 Å². The molecule has 0 radical (unpaired) electrons. The third-order valence-electron chi connectivity index (χ3n) is 3.10. The number of hydrogen-bond donors (Lipinski definition) is 2. The van der Waals surface area contributed by atoms with Crippen LogP contribution in [0.4, 0.5) is 4.79 Å². The normalized spacial score (nSPS) is 11.6. The van der Waals surface area contributed by atoms with E-state index >= 15 is 0 Å². The van der Waals surface area contributed by atoms with Gasteiger partial charge in [0.25, 0.3) is 0 Å². The van der Waals surface area contributed by atoms with Crippen LogP contribution in [0.5, 0.6) is 0 Å². The Bertz CT molecular complexity index is 725. The molecule has 0 saturated heterocycles. The van der Waals surface area contributed by atoms with E-state index in [1.807, 2.05) is 30.3 Å². The molecule has 0 bridgehead atoms.